The van der Waals surface area contributed by atoms with Gasteiger partial charge in [0.2, 0.25) is 0 Å². The number of methoxy groups -OCH3 is 1. The Balaban J connectivity index is 1.62. The fraction of sp³-hybridized carbons (Fsp3) is 0.229. The number of hydrogen-bond donors (Lipinski definition) is 2. The highest BCUT2D eigenvalue weighted by atomic mass is 16.5. The molecule has 0 fully saturated rings. The number of hydrogen-bond acceptors (Lipinski definition) is 4. The molecule has 0 bridgehead atoms. The zero-order valence-corrected chi connectivity index (χ0v) is 24.2. The molecule has 216 valence electrons. The smallest absolute Gasteiger partial charge is 0.305 e. The van der Waals surface area contributed by atoms with Crippen LogP contribution in [0.25, 0.3) is 11.1 Å². The Labute approximate surface area is 246 Å². The molecule has 0 saturated heterocycles. The summed E-state index contributed by atoms with van der Waals surface area (Å²) in [6.45, 7) is 4.33. The molecule has 0 aliphatic heterocycles. The molecule has 4 aromatic carbocycles. The normalized spacial score (nSPS) is 11.4. The van der Waals surface area contributed by atoms with Crippen LogP contribution in [-0.4, -0.2) is 48.0 Å². The van der Waals surface area contributed by atoms with Crippen LogP contribution < -0.4 is 10.1 Å². The van der Waals surface area contributed by atoms with Gasteiger partial charge in [-0.25, -0.2) is 0 Å². The number of aliphatic carboxylic acids is 1. The van der Waals surface area contributed by atoms with Crippen molar-refractivity contribution in [3.63, 3.8) is 0 Å². The number of aryl methyl sites for hydroxylation is 1. The molecule has 0 saturated carbocycles. The summed E-state index contributed by atoms with van der Waals surface area (Å²) in [5.74, 6) is -0.806. The van der Waals surface area contributed by atoms with Crippen molar-refractivity contribution in [2.75, 3.05) is 20.2 Å². The van der Waals surface area contributed by atoms with Crippen LogP contribution in [0.3, 0.4) is 0 Å². The molecule has 1 atom stereocenters. The van der Waals surface area contributed by atoms with E-state index in [4.69, 9.17) is 4.74 Å². The maximum absolute atomic E-state index is 14.0. The number of carbonyl (C=O) groups excluding carboxylic acids is 2. The zero-order chi connectivity index (χ0) is 30.1. The van der Waals surface area contributed by atoms with Crippen molar-refractivity contribution in [2.24, 2.45) is 0 Å². The largest absolute Gasteiger partial charge is 0.497 e. The van der Waals surface area contributed by atoms with Gasteiger partial charge in [-0.15, -0.1) is 0 Å². The summed E-state index contributed by atoms with van der Waals surface area (Å²) < 4.78 is 5.32. The van der Waals surface area contributed by atoms with Gasteiger partial charge in [-0.3, -0.25) is 14.4 Å². The molecule has 7 heteroatoms. The van der Waals surface area contributed by atoms with Crippen molar-refractivity contribution in [2.45, 2.75) is 32.7 Å². The van der Waals surface area contributed by atoms with Gasteiger partial charge in [0.15, 0.2) is 0 Å². The van der Waals surface area contributed by atoms with Crippen molar-refractivity contribution in [3.8, 4) is 16.9 Å². The summed E-state index contributed by atoms with van der Waals surface area (Å²) in [5.41, 5.74) is 5.20. The maximum atomic E-state index is 14.0. The Morgan fingerprint density at radius 3 is 2.14 bits per heavy atom. The topological polar surface area (TPSA) is 95.9 Å². The molecular formula is C35H36N2O5. The number of carboxylic acids is 1. The Bertz CT molecular complexity index is 1550. The molecule has 0 radical (unpaired) electrons. The molecule has 0 unspecified atom stereocenters. The predicted octanol–water partition coefficient (Wildman–Crippen LogP) is 6.32. The predicted molar refractivity (Wildman–Crippen MR) is 164 cm³/mol. The number of carboxylic acid groups (broad SMARTS) is 1. The molecule has 2 amide bonds. The number of nitrogens with zero attached hydrogens (tertiary/aromatic N) is 1. The van der Waals surface area contributed by atoms with E-state index in [1.54, 1.807) is 36.3 Å². The van der Waals surface area contributed by atoms with E-state index < -0.39 is 5.97 Å². The fourth-order valence-corrected chi connectivity index (χ4v) is 4.84. The minimum atomic E-state index is -0.979. The summed E-state index contributed by atoms with van der Waals surface area (Å²) >= 11 is 0. The van der Waals surface area contributed by atoms with Crippen molar-refractivity contribution < 1.29 is 24.2 Å². The van der Waals surface area contributed by atoms with E-state index in [9.17, 15) is 19.5 Å². The van der Waals surface area contributed by atoms with Gasteiger partial charge in [0, 0.05) is 24.2 Å². The lowest BCUT2D eigenvalue weighted by Crippen LogP contribution is -2.35. The monoisotopic (exact) mass is 564 g/mol. The van der Waals surface area contributed by atoms with Crippen molar-refractivity contribution in [3.05, 3.63) is 125 Å². The van der Waals surface area contributed by atoms with Crippen molar-refractivity contribution >= 4 is 17.8 Å². The second kappa shape index (κ2) is 14.1. The van der Waals surface area contributed by atoms with E-state index >= 15 is 0 Å². The number of ether oxygens (including phenoxy) is 1. The third-order valence-electron chi connectivity index (χ3n) is 7.23. The molecule has 0 aromatic heterocycles. The molecule has 0 spiro atoms. The second-order valence-electron chi connectivity index (χ2n) is 10.2. The third-order valence-corrected chi connectivity index (χ3v) is 7.23. The number of rotatable bonds is 12. The Morgan fingerprint density at radius 1 is 0.833 bits per heavy atom. The van der Waals surface area contributed by atoms with Gasteiger partial charge in [0.25, 0.3) is 11.8 Å². The minimum absolute atomic E-state index is 0.0582. The van der Waals surface area contributed by atoms with Crippen LogP contribution in [0, 0.1) is 6.92 Å². The lowest BCUT2D eigenvalue weighted by Gasteiger charge is -2.24. The first-order chi connectivity index (χ1) is 20.3. The fourth-order valence-electron chi connectivity index (χ4n) is 4.84. The first kappa shape index (κ1) is 30.1. The van der Waals surface area contributed by atoms with Gasteiger partial charge >= 0.3 is 5.97 Å². The van der Waals surface area contributed by atoms with Gasteiger partial charge in [-0.05, 0) is 66.8 Å². The SMILES string of the molecule is COc1cccc(CCN(CCC(=O)O)C(=O)c2ccccc2-c2ccccc2C(=O)N[C@H](C)c2ccc(C)cc2)c1. The van der Waals surface area contributed by atoms with Crippen LogP contribution in [0.4, 0.5) is 0 Å². The van der Waals surface area contributed by atoms with E-state index in [-0.39, 0.29) is 30.8 Å². The standard InChI is InChI=1S/C35H36N2O5/c1-24-15-17-27(18-16-24)25(2)36-34(40)31-13-6-4-11-29(31)30-12-5-7-14-32(30)35(41)37(22-20-33(38)39)21-19-26-9-8-10-28(23-26)42-3/h4-18,23,25H,19-22H2,1-3H3,(H,36,40)(H,38,39)/t25-/m1/s1. The van der Waals surface area contributed by atoms with E-state index in [2.05, 4.69) is 5.32 Å². The molecule has 0 aliphatic rings. The lowest BCUT2D eigenvalue weighted by atomic mass is 9.94. The van der Waals surface area contributed by atoms with Gasteiger partial charge in [0.1, 0.15) is 5.75 Å². The van der Waals surface area contributed by atoms with Crippen molar-refractivity contribution in [1.29, 1.82) is 0 Å². The maximum Gasteiger partial charge on any atom is 0.305 e. The first-order valence-corrected chi connectivity index (χ1v) is 14.0. The molecule has 42 heavy (non-hydrogen) atoms. The molecule has 0 aliphatic carbocycles. The second-order valence-corrected chi connectivity index (χ2v) is 10.2. The molecular weight excluding hydrogens is 528 g/mol. The minimum Gasteiger partial charge on any atom is -0.497 e. The molecule has 7 nitrogen and oxygen atoms in total. The van der Waals surface area contributed by atoms with Crippen LogP contribution in [0.15, 0.2) is 97.1 Å². The highest BCUT2D eigenvalue weighted by molar-refractivity contribution is 6.06. The van der Waals surface area contributed by atoms with Crippen molar-refractivity contribution in [1.82, 2.24) is 10.2 Å². The molecule has 2 N–H and O–H groups in total. The Kier molecular flexibility index (Phi) is 10.1. The molecule has 0 heterocycles. The van der Waals surface area contributed by atoms with Gasteiger partial charge in [-0.2, -0.15) is 0 Å². The van der Waals surface area contributed by atoms with Gasteiger partial charge in [0.05, 0.1) is 19.6 Å². The van der Waals surface area contributed by atoms with Crippen LogP contribution in [0.2, 0.25) is 0 Å². The molecule has 4 rings (SSSR count). The number of carbonyl (C=O) groups is 3. The van der Waals surface area contributed by atoms with Crippen LogP contribution >= 0.6 is 0 Å². The third kappa shape index (κ3) is 7.63. The number of nitrogens with one attached hydrogen (secondary N) is 1. The summed E-state index contributed by atoms with van der Waals surface area (Å²) in [4.78, 5) is 40.5. The summed E-state index contributed by atoms with van der Waals surface area (Å²) in [7, 11) is 1.60. The summed E-state index contributed by atoms with van der Waals surface area (Å²) in [6.07, 6.45) is 0.350. The van der Waals surface area contributed by atoms with Crippen LogP contribution in [-0.2, 0) is 11.2 Å². The number of benzene rings is 4. The van der Waals surface area contributed by atoms with Gasteiger partial charge < -0.3 is 20.1 Å². The quantitative estimate of drug-likeness (QED) is 0.210. The Hall–Kier alpha value is -4.91. The first-order valence-electron chi connectivity index (χ1n) is 14.0. The van der Waals surface area contributed by atoms with E-state index in [1.807, 2.05) is 86.6 Å². The highest BCUT2D eigenvalue weighted by Gasteiger charge is 2.23. The van der Waals surface area contributed by atoms with Crippen LogP contribution in [0.1, 0.15) is 56.8 Å². The number of amides is 2. The van der Waals surface area contributed by atoms with Crippen LogP contribution in [0.5, 0.6) is 5.75 Å². The summed E-state index contributed by atoms with van der Waals surface area (Å²) in [5, 5.41) is 12.5. The van der Waals surface area contributed by atoms with E-state index in [0.717, 1.165) is 16.7 Å². The average Bonchev–Trinajstić information content (AvgIpc) is 3.01. The highest BCUT2D eigenvalue weighted by Crippen LogP contribution is 2.29. The lowest BCUT2D eigenvalue weighted by molar-refractivity contribution is -0.137. The Morgan fingerprint density at radius 2 is 1.48 bits per heavy atom. The summed E-state index contributed by atoms with van der Waals surface area (Å²) in [6, 6.07) is 29.7. The zero-order valence-electron chi connectivity index (χ0n) is 24.2. The van der Waals surface area contributed by atoms with E-state index in [0.29, 0.717) is 41.0 Å². The van der Waals surface area contributed by atoms with Gasteiger partial charge in [-0.1, -0.05) is 78.4 Å². The van der Waals surface area contributed by atoms with E-state index in [1.165, 1.54) is 0 Å². The average molecular weight is 565 g/mol. The molecule has 4 aromatic rings.